The van der Waals surface area contributed by atoms with Crippen LogP contribution in [0.5, 0.6) is 0 Å². The number of carbonyl (C=O) groups excluding carboxylic acids is 1. The number of halogens is 2. The lowest BCUT2D eigenvalue weighted by atomic mass is 10.1. The predicted octanol–water partition coefficient (Wildman–Crippen LogP) is 5.07. The highest BCUT2D eigenvalue weighted by Gasteiger charge is 2.12. The third kappa shape index (κ3) is 3.88. The van der Waals surface area contributed by atoms with Gasteiger partial charge in [0, 0.05) is 21.2 Å². The van der Waals surface area contributed by atoms with Crippen molar-refractivity contribution in [2.75, 3.05) is 5.32 Å². The number of hydrogen-bond acceptors (Lipinski definition) is 4. The minimum absolute atomic E-state index is 0.332. The molecule has 0 aliphatic rings. The summed E-state index contributed by atoms with van der Waals surface area (Å²) in [4.78, 5) is 12.2. The fourth-order valence-corrected chi connectivity index (χ4v) is 3.28. The van der Waals surface area contributed by atoms with Gasteiger partial charge in [0.1, 0.15) is 5.01 Å². The molecule has 7 heteroatoms. The lowest BCUT2D eigenvalue weighted by Gasteiger charge is -2.02. The maximum atomic E-state index is 12.2. The average Bonchev–Trinajstić information content (AvgIpc) is 2.95. The molecule has 0 atom stereocenters. The Labute approximate surface area is 147 Å². The average molecular weight is 364 g/mol. The normalized spacial score (nSPS) is 10.6. The van der Waals surface area contributed by atoms with Gasteiger partial charge in [-0.25, -0.2) is 0 Å². The van der Waals surface area contributed by atoms with Crippen LogP contribution < -0.4 is 5.32 Å². The Morgan fingerprint density at radius 2 is 1.83 bits per heavy atom. The fourth-order valence-electron chi connectivity index (χ4n) is 2.02. The molecule has 3 rings (SSSR count). The molecule has 1 N–H and O–H groups in total. The Morgan fingerprint density at radius 3 is 2.52 bits per heavy atom. The first kappa shape index (κ1) is 15.9. The van der Waals surface area contributed by atoms with E-state index in [9.17, 15) is 4.79 Å². The van der Waals surface area contributed by atoms with Crippen molar-refractivity contribution in [3.63, 3.8) is 0 Å². The number of amides is 1. The van der Waals surface area contributed by atoms with Crippen molar-refractivity contribution in [3.05, 3.63) is 63.6 Å². The summed E-state index contributed by atoms with van der Waals surface area (Å²) in [5.74, 6) is -0.332. The predicted molar refractivity (Wildman–Crippen MR) is 94.5 cm³/mol. The van der Waals surface area contributed by atoms with Gasteiger partial charge < -0.3 is 0 Å². The van der Waals surface area contributed by atoms with Crippen LogP contribution in [0.1, 0.15) is 15.9 Å². The molecule has 4 nitrogen and oxygen atoms in total. The fraction of sp³-hybridized carbons (Fsp3) is 0.0625. The number of nitrogens with zero attached hydrogens (tertiary/aromatic N) is 2. The highest BCUT2D eigenvalue weighted by atomic mass is 35.5. The van der Waals surface area contributed by atoms with Gasteiger partial charge in [-0.2, -0.15) is 0 Å². The van der Waals surface area contributed by atoms with E-state index in [1.165, 1.54) is 11.3 Å². The SMILES string of the molecule is Cc1cccc(-c2nnc(NC(=O)c3cc(Cl)cc(Cl)c3)s2)c1. The number of benzene rings is 2. The summed E-state index contributed by atoms with van der Waals surface area (Å²) in [5, 5.41) is 12.8. The topological polar surface area (TPSA) is 54.9 Å². The molecule has 1 amide bonds. The van der Waals surface area contributed by atoms with Gasteiger partial charge in [-0.05, 0) is 31.2 Å². The molecule has 0 bridgehead atoms. The minimum Gasteiger partial charge on any atom is -0.296 e. The van der Waals surface area contributed by atoms with Gasteiger partial charge in [-0.1, -0.05) is 58.3 Å². The summed E-state index contributed by atoms with van der Waals surface area (Å²) < 4.78 is 0. The first-order valence-electron chi connectivity index (χ1n) is 6.69. The monoisotopic (exact) mass is 363 g/mol. The second-order valence-electron chi connectivity index (χ2n) is 4.89. The number of aryl methyl sites for hydroxylation is 1. The van der Waals surface area contributed by atoms with E-state index in [4.69, 9.17) is 23.2 Å². The zero-order chi connectivity index (χ0) is 16.4. The van der Waals surface area contributed by atoms with Crippen LogP contribution in [-0.2, 0) is 0 Å². The molecule has 0 aliphatic heterocycles. The Balaban J connectivity index is 1.80. The van der Waals surface area contributed by atoms with Gasteiger partial charge in [0.25, 0.3) is 5.91 Å². The number of hydrogen-bond donors (Lipinski definition) is 1. The van der Waals surface area contributed by atoms with Crippen LogP contribution in [0.25, 0.3) is 10.6 Å². The minimum atomic E-state index is -0.332. The lowest BCUT2D eigenvalue weighted by molar-refractivity contribution is 0.102. The van der Waals surface area contributed by atoms with Gasteiger partial charge >= 0.3 is 0 Å². The van der Waals surface area contributed by atoms with Crippen LogP contribution in [-0.4, -0.2) is 16.1 Å². The van der Waals surface area contributed by atoms with E-state index < -0.39 is 0 Å². The number of carbonyl (C=O) groups is 1. The summed E-state index contributed by atoms with van der Waals surface area (Å²) in [6, 6.07) is 12.6. The number of nitrogens with one attached hydrogen (secondary N) is 1. The summed E-state index contributed by atoms with van der Waals surface area (Å²) >= 11 is 13.1. The van der Waals surface area contributed by atoms with E-state index >= 15 is 0 Å². The van der Waals surface area contributed by atoms with Crippen LogP contribution in [0.4, 0.5) is 5.13 Å². The van der Waals surface area contributed by atoms with Crippen LogP contribution in [0.3, 0.4) is 0 Å². The van der Waals surface area contributed by atoms with Crippen LogP contribution in [0, 0.1) is 6.92 Å². The van der Waals surface area contributed by atoms with Crippen LogP contribution >= 0.6 is 34.5 Å². The first-order chi connectivity index (χ1) is 11.0. The molecule has 0 radical (unpaired) electrons. The Morgan fingerprint density at radius 1 is 1.09 bits per heavy atom. The summed E-state index contributed by atoms with van der Waals surface area (Å²) in [6.45, 7) is 2.01. The van der Waals surface area contributed by atoms with E-state index in [2.05, 4.69) is 15.5 Å². The molecule has 23 heavy (non-hydrogen) atoms. The van der Waals surface area contributed by atoms with Gasteiger partial charge in [-0.15, -0.1) is 10.2 Å². The third-order valence-electron chi connectivity index (χ3n) is 3.04. The maximum absolute atomic E-state index is 12.2. The van der Waals surface area contributed by atoms with Crippen molar-refractivity contribution in [1.29, 1.82) is 0 Å². The van der Waals surface area contributed by atoms with Gasteiger partial charge in [0.2, 0.25) is 5.13 Å². The molecule has 1 aromatic heterocycles. The molecule has 1 heterocycles. The van der Waals surface area contributed by atoms with Crippen molar-refractivity contribution >= 4 is 45.6 Å². The quantitative estimate of drug-likeness (QED) is 0.706. The van der Waals surface area contributed by atoms with Crippen molar-refractivity contribution < 1.29 is 4.79 Å². The Kier molecular flexibility index (Phi) is 4.61. The number of rotatable bonds is 3. The second-order valence-corrected chi connectivity index (χ2v) is 6.74. The summed E-state index contributed by atoms with van der Waals surface area (Å²) in [6.07, 6.45) is 0. The third-order valence-corrected chi connectivity index (χ3v) is 4.36. The van der Waals surface area contributed by atoms with E-state index in [0.717, 1.165) is 16.1 Å². The standard InChI is InChI=1S/C16H11Cl2N3OS/c1-9-3-2-4-10(5-9)15-20-21-16(23-15)19-14(22)11-6-12(17)8-13(18)7-11/h2-8H,1H3,(H,19,21,22). The van der Waals surface area contributed by atoms with Gasteiger partial charge in [0.15, 0.2) is 0 Å². The maximum Gasteiger partial charge on any atom is 0.257 e. The molecular weight excluding hydrogens is 353 g/mol. The van der Waals surface area contributed by atoms with Gasteiger partial charge in [-0.3, -0.25) is 10.1 Å². The lowest BCUT2D eigenvalue weighted by Crippen LogP contribution is -2.11. The van der Waals surface area contributed by atoms with Crippen molar-refractivity contribution in [1.82, 2.24) is 10.2 Å². The molecular formula is C16H11Cl2N3OS. The molecule has 116 valence electrons. The van der Waals surface area contributed by atoms with E-state index in [-0.39, 0.29) is 5.91 Å². The Hall–Kier alpha value is -1.95. The molecule has 0 saturated carbocycles. The van der Waals surface area contributed by atoms with Crippen LogP contribution in [0.2, 0.25) is 10.0 Å². The molecule has 2 aromatic carbocycles. The molecule has 3 aromatic rings. The zero-order valence-electron chi connectivity index (χ0n) is 12.0. The Bertz CT molecular complexity index is 859. The zero-order valence-corrected chi connectivity index (χ0v) is 14.3. The van der Waals surface area contributed by atoms with Crippen LogP contribution in [0.15, 0.2) is 42.5 Å². The summed E-state index contributed by atoms with van der Waals surface area (Å²) in [7, 11) is 0. The van der Waals surface area contributed by atoms with Crippen molar-refractivity contribution in [2.45, 2.75) is 6.92 Å². The summed E-state index contributed by atoms with van der Waals surface area (Å²) in [5.41, 5.74) is 2.47. The number of aromatic nitrogens is 2. The van der Waals surface area contributed by atoms with E-state index in [0.29, 0.717) is 20.7 Å². The highest BCUT2D eigenvalue weighted by Crippen LogP contribution is 2.27. The van der Waals surface area contributed by atoms with E-state index in [1.54, 1.807) is 18.2 Å². The molecule has 0 aliphatic carbocycles. The largest absolute Gasteiger partial charge is 0.296 e. The molecule has 0 fully saturated rings. The molecule has 0 unspecified atom stereocenters. The van der Waals surface area contributed by atoms with Crippen molar-refractivity contribution in [3.8, 4) is 10.6 Å². The highest BCUT2D eigenvalue weighted by molar-refractivity contribution is 7.18. The smallest absolute Gasteiger partial charge is 0.257 e. The van der Waals surface area contributed by atoms with Crippen molar-refractivity contribution in [2.24, 2.45) is 0 Å². The number of anilines is 1. The van der Waals surface area contributed by atoms with Gasteiger partial charge in [0.05, 0.1) is 0 Å². The van der Waals surface area contributed by atoms with E-state index in [1.807, 2.05) is 31.2 Å². The molecule has 0 spiro atoms. The second kappa shape index (κ2) is 6.66. The first-order valence-corrected chi connectivity index (χ1v) is 8.26. The molecule has 0 saturated heterocycles.